The SMILES string of the molecule is O=[N+]([O-])c1ccc2c3c([nH]c2c1)CC1(c2cccc(O)c2)CCN(CCc2ccccc2)CC1C3. The summed E-state index contributed by atoms with van der Waals surface area (Å²) >= 11 is 0. The van der Waals surface area contributed by atoms with Gasteiger partial charge in [0.05, 0.1) is 10.4 Å². The highest BCUT2D eigenvalue weighted by Crippen LogP contribution is 2.49. The van der Waals surface area contributed by atoms with E-state index in [0.717, 1.165) is 56.2 Å². The molecule has 2 atom stereocenters. The van der Waals surface area contributed by atoms with E-state index in [9.17, 15) is 15.2 Å². The fourth-order valence-electron chi connectivity index (χ4n) is 6.42. The monoisotopic (exact) mass is 467 g/mol. The van der Waals surface area contributed by atoms with E-state index in [-0.39, 0.29) is 16.0 Å². The van der Waals surface area contributed by atoms with Crippen LogP contribution in [0.1, 0.15) is 28.8 Å². The summed E-state index contributed by atoms with van der Waals surface area (Å²) in [4.78, 5) is 17.1. The molecule has 6 nitrogen and oxygen atoms in total. The maximum atomic E-state index is 11.3. The summed E-state index contributed by atoms with van der Waals surface area (Å²) in [6.45, 7) is 3.05. The Kier molecular flexibility index (Phi) is 5.33. The van der Waals surface area contributed by atoms with Gasteiger partial charge in [-0.2, -0.15) is 0 Å². The minimum absolute atomic E-state index is 0.0677. The Morgan fingerprint density at radius 1 is 1.09 bits per heavy atom. The summed E-state index contributed by atoms with van der Waals surface area (Å²) in [5.74, 6) is 0.704. The lowest BCUT2D eigenvalue weighted by Gasteiger charge is -2.51. The summed E-state index contributed by atoms with van der Waals surface area (Å²) in [5, 5.41) is 22.7. The summed E-state index contributed by atoms with van der Waals surface area (Å²) in [7, 11) is 0. The molecular formula is C29H29N3O3. The highest BCUT2D eigenvalue weighted by atomic mass is 16.6. The number of benzene rings is 3. The van der Waals surface area contributed by atoms with Crippen LogP contribution in [0.15, 0.2) is 72.8 Å². The number of aromatic hydroxyl groups is 1. The molecule has 0 saturated carbocycles. The van der Waals surface area contributed by atoms with E-state index in [1.54, 1.807) is 18.2 Å². The Labute approximate surface area is 204 Å². The Morgan fingerprint density at radius 3 is 2.74 bits per heavy atom. The van der Waals surface area contributed by atoms with Gasteiger partial charge in [-0.25, -0.2) is 0 Å². The van der Waals surface area contributed by atoms with E-state index in [1.807, 2.05) is 18.2 Å². The van der Waals surface area contributed by atoms with Crippen LogP contribution in [-0.4, -0.2) is 39.5 Å². The van der Waals surface area contributed by atoms with Crippen molar-refractivity contribution in [1.82, 2.24) is 9.88 Å². The summed E-state index contributed by atoms with van der Waals surface area (Å²) in [6, 6.07) is 23.6. The van der Waals surface area contributed by atoms with Gasteiger partial charge in [-0.3, -0.25) is 10.1 Å². The average molecular weight is 468 g/mol. The van der Waals surface area contributed by atoms with Crippen LogP contribution in [-0.2, 0) is 24.7 Å². The molecule has 0 spiro atoms. The zero-order valence-corrected chi connectivity index (χ0v) is 19.6. The molecule has 0 amide bonds. The average Bonchev–Trinajstić information content (AvgIpc) is 3.22. The molecule has 3 aromatic carbocycles. The fraction of sp³-hybridized carbons (Fsp3) is 0.310. The maximum absolute atomic E-state index is 11.3. The number of nitrogens with one attached hydrogen (secondary N) is 1. The van der Waals surface area contributed by atoms with Crippen LogP contribution in [0.5, 0.6) is 5.75 Å². The van der Waals surface area contributed by atoms with Gasteiger partial charge >= 0.3 is 0 Å². The number of non-ortho nitro benzene ring substituents is 1. The van der Waals surface area contributed by atoms with E-state index >= 15 is 0 Å². The highest BCUT2D eigenvalue weighted by Gasteiger charge is 2.48. The lowest BCUT2D eigenvalue weighted by Crippen LogP contribution is -2.54. The van der Waals surface area contributed by atoms with Crippen LogP contribution in [0.25, 0.3) is 10.9 Å². The molecular weight excluding hydrogens is 438 g/mol. The molecule has 2 aliphatic rings. The number of hydrogen-bond acceptors (Lipinski definition) is 4. The smallest absolute Gasteiger partial charge is 0.271 e. The molecule has 6 rings (SSSR count). The lowest BCUT2D eigenvalue weighted by molar-refractivity contribution is -0.384. The summed E-state index contributed by atoms with van der Waals surface area (Å²) < 4.78 is 0. The first kappa shape index (κ1) is 21.9. The van der Waals surface area contributed by atoms with E-state index in [2.05, 4.69) is 46.3 Å². The molecule has 6 heteroatoms. The summed E-state index contributed by atoms with van der Waals surface area (Å²) in [5.41, 5.74) is 5.92. The number of hydrogen-bond donors (Lipinski definition) is 2. The lowest BCUT2D eigenvalue weighted by atomic mass is 9.58. The predicted octanol–water partition coefficient (Wildman–Crippen LogP) is 5.38. The number of H-pyrrole nitrogens is 1. The second-order valence-electron chi connectivity index (χ2n) is 10.1. The number of nitrogens with zero attached hydrogens (tertiary/aromatic N) is 2. The molecule has 1 aromatic heterocycles. The van der Waals surface area contributed by atoms with Crippen LogP contribution in [0.2, 0.25) is 0 Å². The van der Waals surface area contributed by atoms with Crippen molar-refractivity contribution < 1.29 is 10.0 Å². The molecule has 1 aliphatic carbocycles. The second kappa shape index (κ2) is 8.54. The van der Waals surface area contributed by atoms with Crippen molar-refractivity contribution in [3.63, 3.8) is 0 Å². The van der Waals surface area contributed by atoms with Gasteiger partial charge in [-0.05, 0) is 73.0 Å². The molecule has 1 aliphatic heterocycles. The van der Waals surface area contributed by atoms with Crippen molar-refractivity contribution in [2.45, 2.75) is 31.1 Å². The normalized spacial score (nSPS) is 22.0. The third-order valence-corrected chi connectivity index (χ3v) is 8.25. The molecule has 0 bridgehead atoms. The minimum atomic E-state index is -0.335. The third-order valence-electron chi connectivity index (χ3n) is 8.25. The Bertz CT molecular complexity index is 1400. The van der Waals surface area contributed by atoms with Crippen molar-refractivity contribution in [3.05, 3.63) is 105 Å². The first-order chi connectivity index (χ1) is 17.0. The van der Waals surface area contributed by atoms with Gasteiger partial charge in [-0.15, -0.1) is 0 Å². The zero-order valence-electron chi connectivity index (χ0n) is 19.6. The Balaban J connectivity index is 1.35. The first-order valence-electron chi connectivity index (χ1n) is 12.4. The number of aromatic nitrogens is 1. The van der Waals surface area contributed by atoms with Crippen LogP contribution in [0.3, 0.4) is 0 Å². The van der Waals surface area contributed by atoms with E-state index < -0.39 is 0 Å². The number of nitro groups is 1. The van der Waals surface area contributed by atoms with Crippen LogP contribution in [0.4, 0.5) is 5.69 Å². The summed E-state index contributed by atoms with van der Waals surface area (Å²) in [6.07, 6.45) is 3.83. The molecule has 4 aromatic rings. The van der Waals surface area contributed by atoms with E-state index in [4.69, 9.17) is 0 Å². The van der Waals surface area contributed by atoms with Crippen molar-refractivity contribution in [2.75, 3.05) is 19.6 Å². The molecule has 2 N–H and O–H groups in total. The largest absolute Gasteiger partial charge is 0.508 e. The Hall–Kier alpha value is -3.64. The number of aromatic amines is 1. The quantitative estimate of drug-likeness (QED) is 0.305. The van der Waals surface area contributed by atoms with Crippen molar-refractivity contribution in [1.29, 1.82) is 0 Å². The second-order valence-corrected chi connectivity index (χ2v) is 10.1. The highest BCUT2D eigenvalue weighted by molar-refractivity contribution is 5.87. The number of phenols is 1. The zero-order chi connectivity index (χ0) is 24.0. The van der Waals surface area contributed by atoms with E-state index in [0.29, 0.717) is 11.7 Å². The molecule has 2 unspecified atom stereocenters. The van der Waals surface area contributed by atoms with E-state index in [1.165, 1.54) is 22.4 Å². The van der Waals surface area contributed by atoms with Crippen LogP contribution < -0.4 is 0 Å². The number of nitro benzene ring substituents is 1. The van der Waals surface area contributed by atoms with Crippen LogP contribution in [0, 0.1) is 16.0 Å². The van der Waals surface area contributed by atoms with Crippen LogP contribution >= 0.6 is 0 Å². The molecule has 1 fully saturated rings. The van der Waals surface area contributed by atoms with Gasteiger partial charge in [-0.1, -0.05) is 42.5 Å². The first-order valence-corrected chi connectivity index (χ1v) is 12.4. The van der Waals surface area contributed by atoms with Gasteiger partial charge in [0.15, 0.2) is 0 Å². The number of rotatable bonds is 5. The fourth-order valence-corrected chi connectivity index (χ4v) is 6.42. The van der Waals surface area contributed by atoms with Crippen molar-refractivity contribution in [3.8, 4) is 5.75 Å². The number of piperidine rings is 1. The molecule has 178 valence electrons. The van der Waals surface area contributed by atoms with Gasteiger partial charge in [0.1, 0.15) is 5.75 Å². The third kappa shape index (κ3) is 3.88. The number of fused-ring (bicyclic) bond motifs is 4. The predicted molar refractivity (Wildman–Crippen MR) is 137 cm³/mol. The topological polar surface area (TPSA) is 82.4 Å². The molecule has 1 saturated heterocycles. The molecule has 2 heterocycles. The molecule has 0 radical (unpaired) electrons. The standard InChI is InChI=1S/C29H29N3O3/c33-24-8-4-7-21(15-24)29-12-14-31(13-11-20-5-2-1-3-6-20)19-22(29)16-26-25-10-9-23(32(34)35)17-27(25)30-28(26)18-29/h1-10,15,17,22,30,33H,11-14,16,18-19H2. The van der Waals surface area contributed by atoms with Crippen molar-refractivity contribution >= 4 is 16.6 Å². The van der Waals surface area contributed by atoms with Gasteiger partial charge in [0.2, 0.25) is 0 Å². The van der Waals surface area contributed by atoms with Gasteiger partial charge in [0, 0.05) is 41.7 Å². The number of likely N-dealkylation sites (tertiary alicyclic amines) is 1. The minimum Gasteiger partial charge on any atom is -0.508 e. The maximum Gasteiger partial charge on any atom is 0.271 e. The number of phenolic OH excluding ortho intramolecular Hbond substituents is 1. The van der Waals surface area contributed by atoms with Crippen molar-refractivity contribution in [2.24, 2.45) is 5.92 Å². The Morgan fingerprint density at radius 2 is 1.94 bits per heavy atom. The van der Waals surface area contributed by atoms with Gasteiger partial charge < -0.3 is 15.0 Å². The van der Waals surface area contributed by atoms with Gasteiger partial charge in [0.25, 0.3) is 5.69 Å². The molecule has 35 heavy (non-hydrogen) atoms.